The van der Waals surface area contributed by atoms with Gasteiger partial charge in [-0.2, -0.15) is 0 Å². The normalized spacial score (nSPS) is 19.0. The summed E-state index contributed by atoms with van der Waals surface area (Å²) < 4.78 is 0. The van der Waals surface area contributed by atoms with Gasteiger partial charge in [0.1, 0.15) is 5.75 Å². The fourth-order valence-corrected chi connectivity index (χ4v) is 2.19. The molecule has 0 bridgehead atoms. The van der Waals surface area contributed by atoms with Crippen LogP contribution in [-0.4, -0.2) is 16.3 Å². The zero-order chi connectivity index (χ0) is 11.7. The van der Waals surface area contributed by atoms with E-state index in [4.69, 9.17) is 5.73 Å². The summed E-state index contributed by atoms with van der Waals surface area (Å²) in [6, 6.07) is 4.91. The molecule has 0 saturated heterocycles. The van der Waals surface area contributed by atoms with Crippen LogP contribution in [0.25, 0.3) is 0 Å². The van der Waals surface area contributed by atoms with Crippen LogP contribution in [0.2, 0.25) is 0 Å². The first-order valence-electron chi connectivity index (χ1n) is 5.83. The van der Waals surface area contributed by atoms with Gasteiger partial charge in [-0.25, -0.2) is 0 Å². The van der Waals surface area contributed by atoms with Crippen molar-refractivity contribution in [1.82, 2.24) is 0 Å². The number of nitrogens with two attached hydrogens (primary N) is 1. The Morgan fingerprint density at radius 2 is 2.00 bits per heavy atom. The minimum absolute atomic E-state index is 0. The zero-order valence-corrected chi connectivity index (χ0v) is 10.8. The molecular weight excluding hydrogens is 238 g/mol. The zero-order valence-electron chi connectivity index (χ0n) is 9.97. The molecule has 0 aliphatic heterocycles. The van der Waals surface area contributed by atoms with Gasteiger partial charge in [-0.15, -0.1) is 12.4 Å². The van der Waals surface area contributed by atoms with Crippen molar-refractivity contribution in [1.29, 1.82) is 0 Å². The van der Waals surface area contributed by atoms with E-state index in [2.05, 4.69) is 0 Å². The lowest BCUT2D eigenvalue weighted by Crippen LogP contribution is -2.36. The van der Waals surface area contributed by atoms with E-state index in [1.54, 1.807) is 12.1 Å². The van der Waals surface area contributed by atoms with Crippen LogP contribution >= 0.6 is 12.4 Å². The molecule has 2 atom stereocenters. The van der Waals surface area contributed by atoms with Crippen molar-refractivity contribution in [3.8, 4) is 5.75 Å². The molecule has 1 aliphatic carbocycles. The molecule has 3 nitrogen and oxygen atoms in total. The number of rotatable bonds is 3. The molecule has 0 radical (unpaired) electrons. The molecule has 0 spiro atoms. The maximum Gasteiger partial charge on any atom is 0.120 e. The maximum absolute atomic E-state index is 10.0. The van der Waals surface area contributed by atoms with Crippen LogP contribution in [0.4, 0.5) is 0 Å². The summed E-state index contributed by atoms with van der Waals surface area (Å²) in [6.45, 7) is 1.91. The van der Waals surface area contributed by atoms with Crippen molar-refractivity contribution in [2.75, 3.05) is 0 Å². The Labute approximate surface area is 108 Å². The van der Waals surface area contributed by atoms with E-state index in [0.717, 1.165) is 18.4 Å². The standard InChI is InChI=1S/C13H19NO2.ClH/c1-8-5-6-10(11(15)7-8)12(14)13(16)9-3-2-4-9;/h5-7,9,12-13,15-16H,2-4,14H2,1H3;1H/t12-,13+;/m1./s1. The molecule has 96 valence electrons. The van der Waals surface area contributed by atoms with Crippen molar-refractivity contribution in [2.24, 2.45) is 11.7 Å². The number of benzene rings is 1. The van der Waals surface area contributed by atoms with E-state index in [9.17, 15) is 10.2 Å². The Kier molecular flexibility index (Phi) is 4.80. The molecule has 4 heteroatoms. The predicted molar refractivity (Wildman–Crippen MR) is 70.4 cm³/mol. The van der Waals surface area contributed by atoms with Gasteiger partial charge in [0.15, 0.2) is 0 Å². The lowest BCUT2D eigenvalue weighted by atomic mass is 9.77. The van der Waals surface area contributed by atoms with Crippen molar-refractivity contribution in [3.05, 3.63) is 29.3 Å². The van der Waals surface area contributed by atoms with Crippen LogP contribution in [0.15, 0.2) is 18.2 Å². The highest BCUT2D eigenvalue weighted by Crippen LogP contribution is 2.36. The number of phenolic OH excluding ortho intramolecular Hbond substituents is 1. The molecule has 17 heavy (non-hydrogen) atoms. The van der Waals surface area contributed by atoms with Crippen molar-refractivity contribution >= 4 is 12.4 Å². The van der Waals surface area contributed by atoms with Gasteiger partial charge in [-0.1, -0.05) is 18.6 Å². The van der Waals surface area contributed by atoms with Crippen LogP contribution < -0.4 is 5.73 Å². The molecule has 1 aromatic rings. The lowest BCUT2D eigenvalue weighted by Gasteiger charge is -2.34. The second-order valence-corrected chi connectivity index (χ2v) is 4.77. The van der Waals surface area contributed by atoms with Crippen LogP contribution in [0.5, 0.6) is 5.75 Å². The third-order valence-electron chi connectivity index (χ3n) is 3.55. The monoisotopic (exact) mass is 257 g/mol. The Bertz CT molecular complexity index is 380. The maximum atomic E-state index is 10.0. The second kappa shape index (κ2) is 5.71. The number of aliphatic hydroxyl groups is 1. The summed E-state index contributed by atoms with van der Waals surface area (Å²) in [6.07, 6.45) is 2.72. The molecule has 1 aliphatic rings. The number of aliphatic hydroxyl groups excluding tert-OH is 1. The lowest BCUT2D eigenvalue weighted by molar-refractivity contribution is 0.0407. The second-order valence-electron chi connectivity index (χ2n) is 4.77. The quantitative estimate of drug-likeness (QED) is 0.778. The van der Waals surface area contributed by atoms with Crippen molar-refractivity contribution in [2.45, 2.75) is 38.3 Å². The van der Waals surface area contributed by atoms with Gasteiger partial charge in [0.2, 0.25) is 0 Å². The van der Waals surface area contributed by atoms with Gasteiger partial charge in [0.25, 0.3) is 0 Å². The van der Waals surface area contributed by atoms with Gasteiger partial charge in [-0.3, -0.25) is 0 Å². The summed E-state index contributed by atoms with van der Waals surface area (Å²) in [5.41, 5.74) is 7.63. The minimum atomic E-state index is -0.539. The first-order chi connectivity index (χ1) is 7.59. The first-order valence-corrected chi connectivity index (χ1v) is 5.83. The highest BCUT2D eigenvalue weighted by Gasteiger charge is 2.31. The Morgan fingerprint density at radius 1 is 1.35 bits per heavy atom. The van der Waals surface area contributed by atoms with Crippen LogP contribution in [0.1, 0.15) is 36.4 Å². The highest BCUT2D eigenvalue weighted by atomic mass is 35.5. The number of hydrogen-bond donors (Lipinski definition) is 3. The van der Waals surface area contributed by atoms with Gasteiger partial charge < -0.3 is 15.9 Å². The topological polar surface area (TPSA) is 66.5 Å². The largest absolute Gasteiger partial charge is 0.508 e. The van der Waals surface area contributed by atoms with Crippen LogP contribution in [-0.2, 0) is 0 Å². The van der Waals surface area contributed by atoms with Gasteiger partial charge in [0.05, 0.1) is 12.1 Å². The summed E-state index contributed by atoms with van der Waals surface area (Å²) >= 11 is 0. The fourth-order valence-electron chi connectivity index (χ4n) is 2.19. The third kappa shape index (κ3) is 2.92. The van der Waals surface area contributed by atoms with E-state index in [-0.39, 0.29) is 18.2 Å². The minimum Gasteiger partial charge on any atom is -0.508 e. The molecular formula is C13H20ClNO2. The smallest absolute Gasteiger partial charge is 0.120 e. The third-order valence-corrected chi connectivity index (χ3v) is 3.55. The number of hydrogen-bond acceptors (Lipinski definition) is 3. The average Bonchev–Trinajstić information content (AvgIpc) is 2.14. The SMILES string of the molecule is Cc1ccc([C@@H](N)[C@@H](O)C2CCC2)c(O)c1.Cl. The van der Waals surface area contributed by atoms with Gasteiger partial charge in [-0.05, 0) is 37.3 Å². The summed E-state index contributed by atoms with van der Waals surface area (Å²) in [7, 11) is 0. The molecule has 4 N–H and O–H groups in total. The van der Waals surface area contributed by atoms with Gasteiger partial charge >= 0.3 is 0 Å². The Morgan fingerprint density at radius 3 is 2.47 bits per heavy atom. The molecule has 0 heterocycles. The molecule has 0 unspecified atom stereocenters. The number of phenols is 1. The van der Waals surface area contributed by atoms with E-state index in [1.165, 1.54) is 6.42 Å². The molecule has 0 aromatic heterocycles. The summed E-state index contributed by atoms with van der Waals surface area (Å²) in [5, 5.41) is 19.8. The molecule has 1 saturated carbocycles. The van der Waals surface area contributed by atoms with Crippen molar-refractivity contribution in [3.63, 3.8) is 0 Å². The predicted octanol–water partition coefficient (Wildman–Crippen LogP) is 2.28. The van der Waals surface area contributed by atoms with Crippen LogP contribution in [0.3, 0.4) is 0 Å². The molecule has 2 rings (SSSR count). The molecule has 1 fully saturated rings. The molecule has 0 amide bonds. The first kappa shape index (κ1) is 14.3. The van der Waals surface area contributed by atoms with Gasteiger partial charge in [0, 0.05) is 5.56 Å². The Hall–Kier alpha value is -0.770. The van der Waals surface area contributed by atoms with E-state index >= 15 is 0 Å². The number of aryl methyl sites for hydroxylation is 1. The van der Waals surface area contributed by atoms with E-state index in [1.807, 2.05) is 13.0 Å². The Balaban J connectivity index is 0.00000144. The summed E-state index contributed by atoms with van der Waals surface area (Å²) in [5.74, 6) is 0.488. The molecule has 1 aromatic carbocycles. The van der Waals surface area contributed by atoms with E-state index in [0.29, 0.717) is 11.5 Å². The van der Waals surface area contributed by atoms with Crippen molar-refractivity contribution < 1.29 is 10.2 Å². The average molecular weight is 258 g/mol. The van der Waals surface area contributed by atoms with Crippen LogP contribution in [0, 0.1) is 12.8 Å². The number of halogens is 1. The highest BCUT2D eigenvalue weighted by molar-refractivity contribution is 5.85. The fraction of sp³-hybridized carbons (Fsp3) is 0.538. The number of aromatic hydroxyl groups is 1. The van der Waals surface area contributed by atoms with E-state index < -0.39 is 12.1 Å². The summed E-state index contributed by atoms with van der Waals surface area (Å²) in [4.78, 5) is 0.